The van der Waals surface area contributed by atoms with Gasteiger partial charge in [0.25, 0.3) is 5.91 Å². The third kappa shape index (κ3) is 5.29. The van der Waals surface area contributed by atoms with Crippen LogP contribution in [0.5, 0.6) is 17.2 Å². The van der Waals surface area contributed by atoms with Crippen LogP contribution >= 0.6 is 0 Å². The third-order valence-electron chi connectivity index (χ3n) is 5.36. The fourth-order valence-corrected chi connectivity index (χ4v) is 3.68. The summed E-state index contributed by atoms with van der Waals surface area (Å²) in [6.07, 6.45) is 2.43. The van der Waals surface area contributed by atoms with E-state index in [1.807, 2.05) is 36.4 Å². The highest BCUT2D eigenvalue weighted by Gasteiger charge is 2.35. The standard InChI is InChI=1S/C24H30N2O5/c1-4-5-13-25-24(28)23-18-8-6-7-9-19(18)31-16-22(27)26(23)14-12-17-10-11-20(29-2)21(15-17)30-3/h6-11,15,23H,4-5,12-14,16H2,1-3H3,(H,25,28). The number of nitrogens with zero attached hydrogens (tertiary/aromatic N) is 1. The zero-order chi connectivity index (χ0) is 22.2. The fraction of sp³-hybridized carbons (Fsp3) is 0.417. The molecule has 2 amide bonds. The molecule has 0 aromatic heterocycles. The lowest BCUT2D eigenvalue weighted by Gasteiger charge is -2.29. The van der Waals surface area contributed by atoms with E-state index in [0.29, 0.717) is 42.3 Å². The first-order valence-electron chi connectivity index (χ1n) is 10.6. The lowest BCUT2D eigenvalue weighted by atomic mass is 10.0. The van der Waals surface area contributed by atoms with Gasteiger partial charge in [-0.25, -0.2) is 0 Å². The molecule has 0 bridgehead atoms. The molecule has 0 fully saturated rings. The Morgan fingerprint density at radius 3 is 2.68 bits per heavy atom. The number of unbranched alkanes of at least 4 members (excludes halogenated alkanes) is 1. The molecular formula is C24H30N2O5. The van der Waals surface area contributed by atoms with E-state index in [1.165, 1.54) is 0 Å². The van der Waals surface area contributed by atoms with Gasteiger partial charge in [0, 0.05) is 18.7 Å². The minimum atomic E-state index is -0.733. The van der Waals surface area contributed by atoms with Crippen molar-refractivity contribution < 1.29 is 23.8 Å². The fourth-order valence-electron chi connectivity index (χ4n) is 3.68. The molecule has 1 aliphatic heterocycles. The number of fused-ring (bicyclic) bond motifs is 1. The molecule has 0 saturated heterocycles. The molecule has 1 N–H and O–H groups in total. The highest BCUT2D eigenvalue weighted by molar-refractivity contribution is 5.90. The molecule has 7 nitrogen and oxygen atoms in total. The molecule has 1 atom stereocenters. The molecule has 0 spiro atoms. The van der Waals surface area contributed by atoms with Gasteiger partial charge in [0.05, 0.1) is 14.2 Å². The maximum absolute atomic E-state index is 13.1. The first kappa shape index (κ1) is 22.5. The van der Waals surface area contributed by atoms with Crippen LogP contribution in [-0.4, -0.2) is 50.6 Å². The van der Waals surface area contributed by atoms with Crippen molar-refractivity contribution in [2.24, 2.45) is 0 Å². The Morgan fingerprint density at radius 2 is 1.94 bits per heavy atom. The lowest BCUT2D eigenvalue weighted by Crippen LogP contribution is -2.45. The molecule has 0 radical (unpaired) electrons. The number of benzene rings is 2. The SMILES string of the molecule is CCCCNC(=O)C1c2ccccc2OCC(=O)N1CCc1ccc(OC)c(OC)c1. The monoisotopic (exact) mass is 426 g/mol. The number of carbonyl (C=O) groups is 2. The average Bonchev–Trinajstić information content (AvgIpc) is 2.94. The number of ether oxygens (including phenoxy) is 3. The highest BCUT2D eigenvalue weighted by Crippen LogP contribution is 2.33. The van der Waals surface area contributed by atoms with Gasteiger partial charge in [-0.2, -0.15) is 0 Å². The van der Waals surface area contributed by atoms with E-state index in [4.69, 9.17) is 14.2 Å². The van der Waals surface area contributed by atoms with Gasteiger partial charge in [-0.3, -0.25) is 9.59 Å². The summed E-state index contributed by atoms with van der Waals surface area (Å²) in [7, 11) is 3.18. The van der Waals surface area contributed by atoms with Gasteiger partial charge in [0.15, 0.2) is 18.1 Å². The van der Waals surface area contributed by atoms with Crippen LogP contribution in [0.4, 0.5) is 0 Å². The zero-order valence-electron chi connectivity index (χ0n) is 18.3. The van der Waals surface area contributed by atoms with E-state index in [0.717, 1.165) is 18.4 Å². The number of hydrogen-bond acceptors (Lipinski definition) is 5. The number of amides is 2. The summed E-state index contributed by atoms with van der Waals surface area (Å²) in [4.78, 5) is 27.7. The van der Waals surface area contributed by atoms with Gasteiger partial charge in [-0.15, -0.1) is 0 Å². The van der Waals surface area contributed by atoms with E-state index in [1.54, 1.807) is 25.2 Å². The third-order valence-corrected chi connectivity index (χ3v) is 5.36. The minimum Gasteiger partial charge on any atom is -0.493 e. The van der Waals surface area contributed by atoms with Gasteiger partial charge in [-0.1, -0.05) is 37.6 Å². The van der Waals surface area contributed by atoms with Gasteiger partial charge in [0.2, 0.25) is 5.91 Å². The molecule has 31 heavy (non-hydrogen) atoms. The summed E-state index contributed by atoms with van der Waals surface area (Å²) >= 11 is 0. The van der Waals surface area contributed by atoms with Crippen LogP contribution in [-0.2, 0) is 16.0 Å². The Balaban J connectivity index is 1.86. The van der Waals surface area contributed by atoms with E-state index < -0.39 is 6.04 Å². The molecule has 7 heteroatoms. The van der Waals surface area contributed by atoms with Crippen molar-refractivity contribution in [3.05, 3.63) is 53.6 Å². The highest BCUT2D eigenvalue weighted by atomic mass is 16.5. The van der Waals surface area contributed by atoms with Gasteiger partial charge >= 0.3 is 0 Å². The summed E-state index contributed by atoms with van der Waals surface area (Å²) in [5, 5.41) is 2.98. The summed E-state index contributed by atoms with van der Waals surface area (Å²) in [6, 6.07) is 12.3. The predicted octanol–water partition coefficient (Wildman–Crippen LogP) is 3.12. The maximum Gasteiger partial charge on any atom is 0.261 e. The van der Waals surface area contributed by atoms with Crippen LogP contribution < -0.4 is 19.5 Å². The second-order valence-corrected chi connectivity index (χ2v) is 7.40. The van der Waals surface area contributed by atoms with Gasteiger partial charge < -0.3 is 24.4 Å². The van der Waals surface area contributed by atoms with Gasteiger partial charge in [0.1, 0.15) is 11.8 Å². The molecule has 1 unspecified atom stereocenters. The van der Waals surface area contributed by atoms with Crippen molar-refractivity contribution >= 4 is 11.8 Å². The topological polar surface area (TPSA) is 77.1 Å². The van der Waals surface area contributed by atoms with Crippen LogP contribution in [0.1, 0.15) is 36.9 Å². The Kier molecular flexibility index (Phi) is 7.76. The van der Waals surface area contributed by atoms with Crippen molar-refractivity contribution in [3.8, 4) is 17.2 Å². The maximum atomic E-state index is 13.1. The molecule has 2 aromatic carbocycles. The second-order valence-electron chi connectivity index (χ2n) is 7.40. The molecule has 0 saturated carbocycles. The molecule has 1 heterocycles. The van der Waals surface area contributed by atoms with Crippen molar-refractivity contribution in [1.82, 2.24) is 10.2 Å². The lowest BCUT2D eigenvalue weighted by molar-refractivity contribution is -0.141. The van der Waals surface area contributed by atoms with Crippen molar-refractivity contribution in [1.29, 1.82) is 0 Å². The number of methoxy groups -OCH3 is 2. The predicted molar refractivity (Wildman–Crippen MR) is 118 cm³/mol. The molecule has 2 aromatic rings. The van der Waals surface area contributed by atoms with E-state index in [9.17, 15) is 9.59 Å². The minimum absolute atomic E-state index is 0.0955. The number of para-hydroxylation sites is 1. The smallest absolute Gasteiger partial charge is 0.261 e. The molecular weight excluding hydrogens is 396 g/mol. The van der Waals surface area contributed by atoms with Crippen LogP contribution in [0.2, 0.25) is 0 Å². The number of rotatable bonds is 9. The van der Waals surface area contributed by atoms with E-state index in [2.05, 4.69) is 12.2 Å². The molecule has 0 aliphatic carbocycles. The summed E-state index contributed by atoms with van der Waals surface area (Å²) < 4.78 is 16.4. The largest absolute Gasteiger partial charge is 0.493 e. The zero-order valence-corrected chi connectivity index (χ0v) is 18.3. The van der Waals surface area contributed by atoms with Crippen LogP contribution in [0.3, 0.4) is 0 Å². The van der Waals surface area contributed by atoms with Crippen molar-refractivity contribution in [2.45, 2.75) is 32.2 Å². The first-order chi connectivity index (χ1) is 15.1. The normalized spacial score (nSPS) is 15.5. The molecule has 1 aliphatic rings. The first-order valence-corrected chi connectivity index (χ1v) is 10.6. The quantitative estimate of drug-likeness (QED) is 0.624. The molecule has 166 valence electrons. The summed E-state index contributed by atoms with van der Waals surface area (Å²) in [5.41, 5.74) is 1.68. The number of carbonyl (C=O) groups excluding carboxylic acids is 2. The Labute approximate surface area is 183 Å². The van der Waals surface area contributed by atoms with Crippen molar-refractivity contribution in [2.75, 3.05) is 33.9 Å². The van der Waals surface area contributed by atoms with E-state index in [-0.39, 0.29) is 18.4 Å². The Morgan fingerprint density at radius 1 is 1.16 bits per heavy atom. The number of hydrogen-bond donors (Lipinski definition) is 1. The average molecular weight is 427 g/mol. The van der Waals surface area contributed by atoms with Crippen LogP contribution in [0.15, 0.2) is 42.5 Å². The summed E-state index contributed by atoms with van der Waals surface area (Å²) in [5.74, 6) is 1.44. The van der Waals surface area contributed by atoms with Gasteiger partial charge in [-0.05, 0) is 36.6 Å². The summed E-state index contributed by atoms with van der Waals surface area (Å²) in [6.45, 7) is 2.92. The Bertz CT molecular complexity index is 915. The second kappa shape index (κ2) is 10.7. The Hall–Kier alpha value is -3.22. The van der Waals surface area contributed by atoms with E-state index >= 15 is 0 Å². The van der Waals surface area contributed by atoms with Crippen LogP contribution in [0, 0.1) is 0 Å². The van der Waals surface area contributed by atoms with Crippen LogP contribution in [0.25, 0.3) is 0 Å². The van der Waals surface area contributed by atoms with Crippen molar-refractivity contribution in [3.63, 3.8) is 0 Å². The molecule has 3 rings (SSSR count). The number of nitrogens with one attached hydrogen (secondary N) is 1.